The molecule has 1 unspecified atom stereocenters. The van der Waals surface area contributed by atoms with Gasteiger partial charge in [-0.1, -0.05) is 24.3 Å². The van der Waals surface area contributed by atoms with Crippen LogP contribution in [0.3, 0.4) is 0 Å². The van der Waals surface area contributed by atoms with Gasteiger partial charge in [-0.15, -0.1) is 0 Å². The molecule has 1 atom stereocenters. The van der Waals surface area contributed by atoms with Crippen LogP contribution in [0.15, 0.2) is 67.1 Å². The summed E-state index contributed by atoms with van der Waals surface area (Å²) >= 11 is 0. The Labute approximate surface area is 168 Å². The number of aromatic nitrogens is 4. The van der Waals surface area contributed by atoms with Crippen LogP contribution in [-0.4, -0.2) is 37.6 Å². The summed E-state index contributed by atoms with van der Waals surface area (Å²) in [5.74, 6) is 0.993. The van der Waals surface area contributed by atoms with Gasteiger partial charge in [-0.05, 0) is 43.7 Å². The van der Waals surface area contributed by atoms with Gasteiger partial charge in [0.15, 0.2) is 11.5 Å². The van der Waals surface area contributed by atoms with E-state index in [0.29, 0.717) is 6.54 Å². The number of halogens is 1. The van der Waals surface area contributed by atoms with Crippen molar-refractivity contribution in [3.05, 3.63) is 84.3 Å². The smallest absolute Gasteiger partial charge is 0.156 e. The monoisotopic (exact) mass is 387 g/mol. The van der Waals surface area contributed by atoms with E-state index in [9.17, 15) is 4.39 Å². The van der Waals surface area contributed by atoms with Crippen molar-refractivity contribution in [3.63, 3.8) is 0 Å². The maximum absolute atomic E-state index is 14.0. The number of benzene rings is 1. The highest BCUT2D eigenvalue weighted by atomic mass is 19.1. The van der Waals surface area contributed by atoms with Gasteiger partial charge in [0.2, 0.25) is 0 Å². The molecule has 4 heterocycles. The van der Waals surface area contributed by atoms with E-state index in [-0.39, 0.29) is 11.7 Å². The minimum absolute atomic E-state index is 0.136. The summed E-state index contributed by atoms with van der Waals surface area (Å²) in [5, 5.41) is 4.77. The van der Waals surface area contributed by atoms with E-state index in [4.69, 9.17) is 10.1 Å². The van der Waals surface area contributed by atoms with Gasteiger partial charge >= 0.3 is 0 Å². The second kappa shape index (κ2) is 7.72. The van der Waals surface area contributed by atoms with Crippen molar-refractivity contribution in [3.8, 4) is 11.1 Å². The molecule has 3 aromatic heterocycles. The SMILES string of the molecule is Fc1ccccc1CN1CCCC(c2nc3ccc(-c4cccnc4)cn3n2)C1. The Bertz CT molecular complexity index is 1120. The summed E-state index contributed by atoms with van der Waals surface area (Å²) in [6.45, 7) is 2.45. The number of nitrogens with zero attached hydrogens (tertiary/aromatic N) is 5. The number of rotatable bonds is 4. The van der Waals surface area contributed by atoms with Crippen LogP contribution in [0.5, 0.6) is 0 Å². The number of fused-ring (bicyclic) bond motifs is 1. The van der Waals surface area contributed by atoms with Gasteiger partial charge in [0.25, 0.3) is 0 Å². The van der Waals surface area contributed by atoms with Crippen molar-refractivity contribution < 1.29 is 4.39 Å². The molecule has 0 spiro atoms. The fourth-order valence-corrected chi connectivity index (χ4v) is 4.05. The van der Waals surface area contributed by atoms with Crippen LogP contribution < -0.4 is 0 Å². The van der Waals surface area contributed by atoms with Gasteiger partial charge in [0, 0.05) is 54.3 Å². The molecule has 6 heteroatoms. The molecule has 1 saturated heterocycles. The van der Waals surface area contributed by atoms with Crippen molar-refractivity contribution in [2.24, 2.45) is 0 Å². The molecule has 29 heavy (non-hydrogen) atoms. The third kappa shape index (κ3) is 3.76. The minimum Gasteiger partial charge on any atom is -0.298 e. The van der Waals surface area contributed by atoms with Gasteiger partial charge < -0.3 is 0 Å². The Morgan fingerprint density at radius 2 is 1.97 bits per heavy atom. The standard InChI is InChI=1S/C23H22FN5/c24-21-8-2-1-5-19(21)14-28-12-4-7-20(15-28)23-26-22-10-9-18(16-29(22)27-23)17-6-3-11-25-13-17/h1-3,5-6,8-11,13,16,20H,4,7,12,14-15H2. The van der Waals surface area contributed by atoms with E-state index >= 15 is 0 Å². The summed E-state index contributed by atoms with van der Waals surface area (Å²) in [5.41, 5.74) is 3.71. The first-order valence-corrected chi connectivity index (χ1v) is 9.99. The Hall–Kier alpha value is -3.12. The second-order valence-corrected chi connectivity index (χ2v) is 7.60. The van der Waals surface area contributed by atoms with E-state index in [1.54, 1.807) is 12.3 Å². The Kier molecular flexibility index (Phi) is 4.77. The Morgan fingerprint density at radius 1 is 1.03 bits per heavy atom. The van der Waals surface area contributed by atoms with Crippen molar-refractivity contribution in [1.82, 2.24) is 24.5 Å². The van der Waals surface area contributed by atoms with Crippen LogP contribution in [0.1, 0.15) is 30.1 Å². The average molecular weight is 387 g/mol. The lowest BCUT2D eigenvalue weighted by Crippen LogP contribution is -2.34. The van der Waals surface area contributed by atoms with E-state index in [0.717, 1.165) is 54.1 Å². The predicted molar refractivity (Wildman–Crippen MR) is 110 cm³/mol. The van der Waals surface area contributed by atoms with Crippen LogP contribution >= 0.6 is 0 Å². The number of pyridine rings is 2. The molecule has 1 aliphatic heterocycles. The summed E-state index contributed by atoms with van der Waals surface area (Å²) in [7, 11) is 0. The molecule has 1 fully saturated rings. The molecule has 0 radical (unpaired) electrons. The number of hydrogen-bond donors (Lipinski definition) is 0. The van der Waals surface area contributed by atoms with E-state index in [2.05, 4.69) is 16.0 Å². The molecule has 4 aromatic rings. The molecular weight excluding hydrogens is 365 g/mol. The molecule has 5 rings (SSSR count). The second-order valence-electron chi connectivity index (χ2n) is 7.60. The lowest BCUT2D eigenvalue weighted by molar-refractivity contribution is 0.194. The third-order valence-electron chi connectivity index (χ3n) is 5.56. The van der Waals surface area contributed by atoms with E-state index in [1.807, 2.05) is 47.2 Å². The van der Waals surface area contributed by atoms with Crippen LogP contribution in [0, 0.1) is 5.82 Å². The minimum atomic E-state index is -0.136. The van der Waals surface area contributed by atoms with Crippen molar-refractivity contribution in [2.75, 3.05) is 13.1 Å². The molecule has 0 amide bonds. The van der Waals surface area contributed by atoms with E-state index in [1.165, 1.54) is 6.07 Å². The van der Waals surface area contributed by atoms with Gasteiger partial charge in [0.1, 0.15) is 5.82 Å². The maximum Gasteiger partial charge on any atom is 0.156 e. The first-order valence-electron chi connectivity index (χ1n) is 9.99. The molecule has 0 N–H and O–H groups in total. The highest BCUT2D eigenvalue weighted by Crippen LogP contribution is 2.27. The average Bonchev–Trinajstić information content (AvgIpc) is 3.20. The molecule has 0 saturated carbocycles. The van der Waals surface area contributed by atoms with Crippen LogP contribution in [-0.2, 0) is 6.54 Å². The third-order valence-corrected chi connectivity index (χ3v) is 5.56. The zero-order valence-electron chi connectivity index (χ0n) is 16.1. The van der Waals surface area contributed by atoms with Crippen LogP contribution in [0.2, 0.25) is 0 Å². The zero-order valence-corrected chi connectivity index (χ0v) is 16.1. The Morgan fingerprint density at radius 3 is 2.83 bits per heavy atom. The van der Waals surface area contributed by atoms with Gasteiger partial charge in [-0.25, -0.2) is 13.9 Å². The fourth-order valence-electron chi connectivity index (χ4n) is 4.05. The first kappa shape index (κ1) is 17.9. The summed E-state index contributed by atoms with van der Waals surface area (Å²) < 4.78 is 15.9. The normalized spacial score (nSPS) is 17.6. The summed E-state index contributed by atoms with van der Waals surface area (Å²) in [6.07, 6.45) is 7.74. The number of hydrogen-bond acceptors (Lipinski definition) is 4. The molecule has 1 aromatic carbocycles. The molecule has 5 nitrogen and oxygen atoms in total. The maximum atomic E-state index is 14.0. The van der Waals surface area contributed by atoms with Gasteiger partial charge in [0.05, 0.1) is 0 Å². The first-order chi connectivity index (χ1) is 14.3. The molecular formula is C23H22FN5. The quantitative estimate of drug-likeness (QED) is 0.524. The van der Waals surface area contributed by atoms with Crippen molar-refractivity contribution >= 4 is 5.65 Å². The highest BCUT2D eigenvalue weighted by molar-refractivity contribution is 5.63. The van der Waals surface area contributed by atoms with Gasteiger partial charge in [-0.2, -0.15) is 5.10 Å². The van der Waals surface area contributed by atoms with Crippen LogP contribution in [0.25, 0.3) is 16.8 Å². The van der Waals surface area contributed by atoms with Crippen LogP contribution in [0.4, 0.5) is 4.39 Å². The topological polar surface area (TPSA) is 46.3 Å². The Balaban J connectivity index is 1.36. The van der Waals surface area contributed by atoms with E-state index < -0.39 is 0 Å². The molecule has 1 aliphatic rings. The molecule has 146 valence electrons. The summed E-state index contributed by atoms with van der Waals surface area (Å²) in [6, 6.07) is 15.0. The largest absolute Gasteiger partial charge is 0.298 e. The lowest BCUT2D eigenvalue weighted by atomic mass is 9.97. The molecule has 0 bridgehead atoms. The number of piperidine rings is 1. The highest BCUT2D eigenvalue weighted by Gasteiger charge is 2.25. The zero-order chi connectivity index (χ0) is 19.6. The van der Waals surface area contributed by atoms with Crippen molar-refractivity contribution in [2.45, 2.75) is 25.3 Å². The van der Waals surface area contributed by atoms with Gasteiger partial charge in [-0.3, -0.25) is 9.88 Å². The predicted octanol–water partition coefficient (Wildman–Crippen LogP) is 4.31. The summed E-state index contributed by atoms with van der Waals surface area (Å²) in [4.78, 5) is 11.3. The fraction of sp³-hybridized carbons (Fsp3) is 0.261. The number of likely N-dealkylation sites (tertiary alicyclic amines) is 1. The van der Waals surface area contributed by atoms with Crippen molar-refractivity contribution in [1.29, 1.82) is 0 Å². The molecule has 0 aliphatic carbocycles. The lowest BCUT2D eigenvalue weighted by Gasteiger charge is -2.31.